The van der Waals surface area contributed by atoms with E-state index in [1.807, 2.05) is 4.90 Å². The number of esters is 1. The Balaban J connectivity index is 1.21. The lowest BCUT2D eigenvalue weighted by Gasteiger charge is -2.36. The number of carbonyl (C=O) groups excluding carboxylic acids is 1. The fourth-order valence-corrected chi connectivity index (χ4v) is 5.77. The summed E-state index contributed by atoms with van der Waals surface area (Å²) in [6.07, 6.45) is 6.51. The number of hydrogen-bond acceptors (Lipinski definition) is 6. The van der Waals surface area contributed by atoms with E-state index in [9.17, 15) is 4.79 Å². The van der Waals surface area contributed by atoms with Gasteiger partial charge in [0.1, 0.15) is 5.75 Å². The molecule has 1 saturated heterocycles. The van der Waals surface area contributed by atoms with Crippen molar-refractivity contribution in [3.63, 3.8) is 0 Å². The molecule has 40 heavy (non-hydrogen) atoms. The van der Waals surface area contributed by atoms with Crippen LogP contribution in [0.15, 0.2) is 48.7 Å². The number of anilines is 2. The molecule has 2 aliphatic heterocycles. The first-order valence-corrected chi connectivity index (χ1v) is 15.3. The monoisotopic (exact) mass is 567 g/mol. The van der Waals surface area contributed by atoms with Gasteiger partial charge in [-0.05, 0) is 62.4 Å². The van der Waals surface area contributed by atoms with Crippen LogP contribution in [0, 0.1) is 12.8 Å². The largest absolute Gasteiger partial charge is 0.494 e. The number of unbranched alkanes of at least 4 members (excludes halogenated alkanes) is 3. The Kier molecular flexibility index (Phi) is 11.2. The lowest BCUT2D eigenvalue weighted by molar-refractivity contribution is -0.143. The molecule has 4 rings (SSSR count). The number of ether oxygens (including phenoxy) is 2. The molecule has 218 valence electrons. The lowest BCUT2D eigenvalue weighted by atomic mass is 9.91. The Morgan fingerprint density at radius 1 is 1.05 bits per heavy atom. The van der Waals surface area contributed by atoms with Crippen molar-refractivity contribution in [2.75, 3.05) is 55.9 Å². The van der Waals surface area contributed by atoms with Gasteiger partial charge in [-0.1, -0.05) is 63.1 Å². The molecule has 2 aromatic rings. The van der Waals surface area contributed by atoms with E-state index in [2.05, 4.69) is 73.5 Å². The first kappa shape index (κ1) is 30.3. The van der Waals surface area contributed by atoms with Crippen molar-refractivity contribution in [1.82, 2.24) is 4.90 Å². The number of piperazine rings is 1. The van der Waals surface area contributed by atoms with Gasteiger partial charge in [0.15, 0.2) is 6.73 Å². The van der Waals surface area contributed by atoms with Gasteiger partial charge in [-0.25, -0.2) is 0 Å². The molecule has 0 amide bonds. The number of hydrogen-bond donors (Lipinski definition) is 0. The lowest BCUT2D eigenvalue weighted by Crippen LogP contribution is -2.46. The van der Waals surface area contributed by atoms with Crippen LogP contribution in [-0.4, -0.2) is 56.9 Å². The van der Waals surface area contributed by atoms with Crippen molar-refractivity contribution in [3.8, 4) is 5.75 Å². The number of aryl methyl sites for hydroxylation is 1. The zero-order valence-electron chi connectivity index (χ0n) is 24.6. The normalized spacial score (nSPS) is 17.6. The number of rotatable bonds is 13. The van der Waals surface area contributed by atoms with Gasteiger partial charge in [-0.2, -0.15) is 0 Å². The molecule has 0 saturated carbocycles. The minimum Gasteiger partial charge on any atom is -0.494 e. The molecule has 1 fully saturated rings. The van der Waals surface area contributed by atoms with Gasteiger partial charge in [0.25, 0.3) is 0 Å². The Hall–Kier alpha value is -2.70. The Labute approximate surface area is 245 Å². The van der Waals surface area contributed by atoms with E-state index in [0.717, 1.165) is 105 Å². The summed E-state index contributed by atoms with van der Waals surface area (Å²) in [5, 5.41) is 0.876. The highest BCUT2D eigenvalue weighted by molar-refractivity contribution is 6.34. The highest BCUT2D eigenvalue weighted by Gasteiger charge is 2.27. The Bertz CT molecular complexity index is 1150. The molecule has 0 aliphatic carbocycles. The summed E-state index contributed by atoms with van der Waals surface area (Å²) in [5.41, 5.74) is 5.54. The molecule has 0 aromatic heterocycles. The maximum Gasteiger partial charge on any atom is 0.307 e. The van der Waals surface area contributed by atoms with E-state index in [0.29, 0.717) is 18.9 Å². The molecular formula is C33H46ClN3O3. The molecule has 0 N–H and O–H groups in total. The highest BCUT2D eigenvalue weighted by atomic mass is 35.5. The number of carbonyl (C=O) groups is 1. The summed E-state index contributed by atoms with van der Waals surface area (Å²) in [5.74, 6) is 1.01. The summed E-state index contributed by atoms with van der Waals surface area (Å²) in [6, 6.07) is 12.6. The van der Waals surface area contributed by atoms with Gasteiger partial charge in [0.05, 0.1) is 23.0 Å². The molecule has 0 bridgehead atoms. The first-order chi connectivity index (χ1) is 19.4. The molecular weight excluding hydrogens is 522 g/mol. The Morgan fingerprint density at radius 3 is 2.62 bits per heavy atom. The fraction of sp³-hybridized carbons (Fsp3) is 0.545. The fourth-order valence-electron chi connectivity index (χ4n) is 5.52. The van der Waals surface area contributed by atoms with Gasteiger partial charge in [0.2, 0.25) is 0 Å². The minimum atomic E-state index is -0.145. The summed E-state index contributed by atoms with van der Waals surface area (Å²) < 4.78 is 11.8. The van der Waals surface area contributed by atoms with Gasteiger partial charge in [-0.15, -0.1) is 0 Å². The summed E-state index contributed by atoms with van der Waals surface area (Å²) in [7, 11) is 0. The first-order valence-electron chi connectivity index (χ1n) is 15.0. The van der Waals surface area contributed by atoms with E-state index < -0.39 is 0 Å². The highest BCUT2D eigenvalue weighted by Crippen LogP contribution is 2.37. The molecule has 1 atom stereocenters. The van der Waals surface area contributed by atoms with Crippen molar-refractivity contribution in [1.29, 1.82) is 0 Å². The van der Waals surface area contributed by atoms with Crippen molar-refractivity contribution in [2.24, 2.45) is 5.92 Å². The topological polar surface area (TPSA) is 45.2 Å². The predicted molar refractivity (Wildman–Crippen MR) is 166 cm³/mol. The van der Waals surface area contributed by atoms with Crippen LogP contribution in [0.25, 0.3) is 0 Å². The number of allylic oxidation sites excluding steroid dienone is 1. The van der Waals surface area contributed by atoms with Gasteiger partial charge < -0.3 is 19.3 Å². The van der Waals surface area contributed by atoms with E-state index in [4.69, 9.17) is 21.1 Å². The van der Waals surface area contributed by atoms with Gasteiger partial charge in [-0.3, -0.25) is 9.69 Å². The summed E-state index contributed by atoms with van der Waals surface area (Å²) in [4.78, 5) is 19.2. The van der Waals surface area contributed by atoms with E-state index >= 15 is 0 Å². The van der Waals surface area contributed by atoms with Crippen molar-refractivity contribution >= 4 is 28.9 Å². The van der Waals surface area contributed by atoms with Gasteiger partial charge >= 0.3 is 5.97 Å². The third kappa shape index (κ3) is 7.94. The average Bonchev–Trinajstić information content (AvgIpc) is 2.95. The summed E-state index contributed by atoms with van der Waals surface area (Å²) >= 11 is 6.55. The van der Waals surface area contributed by atoms with Crippen molar-refractivity contribution < 1.29 is 14.3 Å². The quantitative estimate of drug-likeness (QED) is 0.188. The van der Waals surface area contributed by atoms with Gasteiger partial charge in [0, 0.05) is 50.3 Å². The van der Waals surface area contributed by atoms with E-state index in [1.54, 1.807) is 0 Å². The van der Waals surface area contributed by atoms with Crippen LogP contribution < -0.4 is 14.5 Å². The zero-order valence-corrected chi connectivity index (χ0v) is 25.3. The molecule has 0 spiro atoms. The second-order valence-electron chi connectivity index (χ2n) is 11.2. The third-order valence-corrected chi connectivity index (χ3v) is 8.64. The predicted octanol–water partition coefficient (Wildman–Crippen LogP) is 7.22. The second-order valence-corrected chi connectivity index (χ2v) is 11.6. The van der Waals surface area contributed by atoms with E-state index in [1.165, 1.54) is 5.56 Å². The number of fused-ring (bicyclic) bond motifs is 1. The molecule has 2 aliphatic rings. The maximum absolute atomic E-state index is 12.2. The molecule has 2 aromatic carbocycles. The third-order valence-electron chi connectivity index (χ3n) is 8.15. The van der Waals surface area contributed by atoms with Crippen LogP contribution in [0.3, 0.4) is 0 Å². The molecule has 6 nitrogen and oxygen atoms in total. The SMILES string of the molecule is C=C1C(C)Cc2ccc(OCCCCN3CCN(c4cccc(C)c4Cl)CC3)cc2N1COC(=O)CCCCC. The number of halogens is 1. The maximum atomic E-state index is 12.2. The van der Waals surface area contributed by atoms with Crippen LogP contribution in [0.4, 0.5) is 11.4 Å². The average molecular weight is 568 g/mol. The molecule has 1 unspecified atom stereocenters. The van der Waals surface area contributed by atoms with Crippen LogP contribution >= 0.6 is 11.6 Å². The van der Waals surface area contributed by atoms with Crippen LogP contribution in [0.5, 0.6) is 5.75 Å². The molecule has 2 heterocycles. The summed E-state index contributed by atoms with van der Waals surface area (Å²) in [6.45, 7) is 16.7. The molecule has 7 heteroatoms. The number of nitrogens with zero attached hydrogens (tertiary/aromatic N) is 3. The standard InChI is InChI=1S/C33H46ClN3O3/c1-5-6-7-13-32(38)40-24-37-27(4)26(3)22-28-14-15-29(23-31(28)37)39-21-9-8-16-35-17-19-36(20-18-35)30-12-10-11-25(2)33(30)34/h10-12,14-15,23,26H,4-9,13,16-22,24H2,1-3H3. The second kappa shape index (κ2) is 14.8. The molecule has 0 radical (unpaired) electrons. The smallest absolute Gasteiger partial charge is 0.307 e. The van der Waals surface area contributed by atoms with Crippen LogP contribution in [-0.2, 0) is 16.0 Å². The van der Waals surface area contributed by atoms with Crippen molar-refractivity contribution in [2.45, 2.75) is 65.7 Å². The Morgan fingerprint density at radius 2 is 1.85 bits per heavy atom. The zero-order chi connectivity index (χ0) is 28.5. The van der Waals surface area contributed by atoms with E-state index in [-0.39, 0.29) is 12.7 Å². The van der Waals surface area contributed by atoms with Crippen molar-refractivity contribution in [3.05, 3.63) is 64.8 Å². The minimum absolute atomic E-state index is 0.145. The van der Waals surface area contributed by atoms with Crippen LogP contribution in [0.2, 0.25) is 5.02 Å². The van der Waals surface area contributed by atoms with Crippen LogP contribution in [0.1, 0.15) is 63.5 Å². The number of benzene rings is 2.